The minimum atomic E-state index is -0.0924. The molecule has 5 rings (SSSR count). The van der Waals surface area contributed by atoms with Gasteiger partial charge in [-0.05, 0) is 33.3 Å². The van der Waals surface area contributed by atoms with Crippen LogP contribution >= 0.6 is 11.3 Å². The molecule has 1 saturated heterocycles. The first-order valence-electron chi connectivity index (χ1n) is 11.6. The lowest BCUT2D eigenvalue weighted by atomic mass is 10.1. The highest BCUT2D eigenvalue weighted by Gasteiger charge is 2.25. The Morgan fingerprint density at radius 1 is 0.939 bits per heavy atom. The average molecular weight is 461 g/mol. The fourth-order valence-electron chi connectivity index (χ4n) is 4.18. The van der Waals surface area contributed by atoms with Crippen LogP contribution in [-0.2, 0) is 6.54 Å². The number of imidazole rings is 1. The number of aryl methyl sites for hydroxylation is 1. The third-order valence-corrected chi connectivity index (χ3v) is 6.87. The number of fused-ring (bicyclic) bond motifs is 1. The number of benzene rings is 2. The van der Waals surface area contributed by atoms with Crippen molar-refractivity contribution in [2.75, 3.05) is 36.4 Å². The maximum atomic E-state index is 5.00. The zero-order valence-corrected chi connectivity index (χ0v) is 20.7. The lowest BCUT2D eigenvalue weighted by molar-refractivity contribution is 0.249. The Bertz CT molecular complexity index is 1210. The van der Waals surface area contributed by atoms with Crippen molar-refractivity contribution >= 4 is 27.2 Å². The van der Waals surface area contributed by atoms with E-state index in [0.29, 0.717) is 0 Å². The van der Waals surface area contributed by atoms with Gasteiger partial charge in [0.25, 0.3) is 0 Å². The molecule has 0 aliphatic carbocycles. The van der Waals surface area contributed by atoms with Crippen LogP contribution in [0.4, 0.5) is 10.9 Å². The minimum Gasteiger partial charge on any atom is -0.364 e. The summed E-state index contributed by atoms with van der Waals surface area (Å²) in [5, 5.41) is 9.69. The molecule has 6 nitrogen and oxygen atoms in total. The second kappa shape index (κ2) is 8.80. The summed E-state index contributed by atoms with van der Waals surface area (Å²) < 4.78 is 1.99. The standard InChI is InChI=1S/C26H32N6S/c1-19-10-12-20(13-11-19)18-30-14-16-31(17-15-30)25-29-32-23(28-26(2,3)4)22(27-24(32)33-25)21-8-6-5-7-9-21/h5-13,28H,14-18H2,1-4H3. The molecule has 0 bridgehead atoms. The summed E-state index contributed by atoms with van der Waals surface area (Å²) in [6.45, 7) is 13.7. The van der Waals surface area contributed by atoms with E-state index in [1.807, 2.05) is 10.6 Å². The maximum Gasteiger partial charge on any atom is 0.216 e. The Kier molecular flexibility index (Phi) is 5.85. The zero-order valence-electron chi connectivity index (χ0n) is 19.9. The van der Waals surface area contributed by atoms with Gasteiger partial charge in [0.05, 0.1) is 0 Å². The molecule has 2 aromatic heterocycles. The molecule has 172 valence electrons. The largest absolute Gasteiger partial charge is 0.364 e. The topological polar surface area (TPSA) is 48.7 Å². The summed E-state index contributed by atoms with van der Waals surface area (Å²) in [5.41, 5.74) is 4.67. The summed E-state index contributed by atoms with van der Waals surface area (Å²) in [5.74, 6) is 0.962. The number of piperazine rings is 1. The van der Waals surface area contributed by atoms with Crippen LogP contribution in [0.5, 0.6) is 0 Å². The molecular formula is C26H32N6S. The van der Waals surface area contributed by atoms with E-state index < -0.39 is 0 Å². The smallest absolute Gasteiger partial charge is 0.216 e. The van der Waals surface area contributed by atoms with E-state index in [-0.39, 0.29) is 5.54 Å². The second-order valence-corrected chi connectivity index (χ2v) is 10.8. The number of rotatable bonds is 5. The Hall–Kier alpha value is -2.90. The molecule has 0 unspecified atom stereocenters. The SMILES string of the molecule is Cc1ccc(CN2CCN(c3nn4c(NC(C)(C)C)c(-c5ccccc5)nc4s3)CC2)cc1. The molecule has 0 saturated carbocycles. The van der Waals surface area contributed by atoms with Crippen LogP contribution < -0.4 is 10.2 Å². The Balaban J connectivity index is 1.35. The molecule has 1 N–H and O–H groups in total. The Morgan fingerprint density at radius 3 is 2.30 bits per heavy atom. The molecule has 1 aliphatic heterocycles. The first kappa shape index (κ1) is 21.9. The van der Waals surface area contributed by atoms with E-state index in [1.165, 1.54) is 11.1 Å². The molecule has 33 heavy (non-hydrogen) atoms. The van der Waals surface area contributed by atoms with Crippen molar-refractivity contribution in [1.29, 1.82) is 0 Å². The minimum absolute atomic E-state index is 0.0924. The van der Waals surface area contributed by atoms with Crippen molar-refractivity contribution in [3.05, 3.63) is 65.7 Å². The predicted octanol–water partition coefficient (Wildman–Crippen LogP) is 5.30. The number of anilines is 2. The molecule has 1 fully saturated rings. The van der Waals surface area contributed by atoms with Crippen LogP contribution in [0.25, 0.3) is 16.2 Å². The van der Waals surface area contributed by atoms with Gasteiger partial charge in [0.1, 0.15) is 5.69 Å². The second-order valence-electron chi connectivity index (χ2n) is 9.88. The summed E-state index contributed by atoms with van der Waals surface area (Å²) in [7, 11) is 0. The molecule has 0 spiro atoms. The van der Waals surface area contributed by atoms with E-state index in [9.17, 15) is 0 Å². The van der Waals surface area contributed by atoms with Crippen molar-refractivity contribution in [1.82, 2.24) is 19.5 Å². The van der Waals surface area contributed by atoms with Gasteiger partial charge in [-0.15, -0.1) is 5.10 Å². The lowest BCUT2D eigenvalue weighted by Crippen LogP contribution is -2.46. The fourth-order valence-corrected chi connectivity index (χ4v) is 5.13. The number of aromatic nitrogens is 3. The highest BCUT2D eigenvalue weighted by atomic mass is 32.1. The van der Waals surface area contributed by atoms with E-state index in [0.717, 1.165) is 59.9 Å². The van der Waals surface area contributed by atoms with Crippen molar-refractivity contribution in [3.63, 3.8) is 0 Å². The fraction of sp³-hybridized carbons (Fsp3) is 0.385. The molecule has 7 heteroatoms. The molecule has 1 aliphatic rings. The van der Waals surface area contributed by atoms with Crippen molar-refractivity contribution in [3.8, 4) is 11.3 Å². The molecule has 0 amide bonds. The Labute approximate surface area is 199 Å². The van der Waals surface area contributed by atoms with E-state index in [4.69, 9.17) is 10.1 Å². The molecule has 2 aromatic carbocycles. The number of nitrogens with one attached hydrogen (secondary N) is 1. The summed E-state index contributed by atoms with van der Waals surface area (Å²) in [6, 6.07) is 19.2. The summed E-state index contributed by atoms with van der Waals surface area (Å²) in [4.78, 5) is 10.8. The van der Waals surface area contributed by atoms with Gasteiger partial charge >= 0.3 is 0 Å². The molecule has 0 radical (unpaired) electrons. The van der Waals surface area contributed by atoms with Crippen LogP contribution in [0.1, 0.15) is 31.9 Å². The third kappa shape index (κ3) is 4.89. The Morgan fingerprint density at radius 2 is 1.64 bits per heavy atom. The van der Waals surface area contributed by atoms with Gasteiger partial charge < -0.3 is 10.2 Å². The number of hydrogen-bond acceptors (Lipinski definition) is 6. The van der Waals surface area contributed by atoms with Gasteiger partial charge in [-0.2, -0.15) is 4.52 Å². The van der Waals surface area contributed by atoms with Crippen LogP contribution in [0.2, 0.25) is 0 Å². The monoisotopic (exact) mass is 460 g/mol. The maximum absolute atomic E-state index is 5.00. The molecule has 0 atom stereocenters. The van der Waals surface area contributed by atoms with Gasteiger partial charge in [0.2, 0.25) is 10.1 Å². The first-order chi connectivity index (χ1) is 15.9. The molecular weight excluding hydrogens is 428 g/mol. The number of hydrogen-bond donors (Lipinski definition) is 1. The van der Waals surface area contributed by atoms with Gasteiger partial charge in [-0.1, -0.05) is 71.5 Å². The normalized spacial score (nSPS) is 15.3. The van der Waals surface area contributed by atoms with Crippen molar-refractivity contribution in [2.24, 2.45) is 0 Å². The lowest BCUT2D eigenvalue weighted by Gasteiger charge is -2.34. The highest BCUT2D eigenvalue weighted by Crippen LogP contribution is 2.35. The zero-order chi connectivity index (χ0) is 23.0. The van der Waals surface area contributed by atoms with Gasteiger partial charge in [0.15, 0.2) is 5.82 Å². The summed E-state index contributed by atoms with van der Waals surface area (Å²) >= 11 is 1.67. The van der Waals surface area contributed by atoms with Crippen LogP contribution in [0.3, 0.4) is 0 Å². The quantitative estimate of drug-likeness (QED) is 0.438. The van der Waals surface area contributed by atoms with Crippen LogP contribution in [0.15, 0.2) is 54.6 Å². The average Bonchev–Trinajstić information content (AvgIpc) is 3.35. The van der Waals surface area contributed by atoms with Crippen molar-refractivity contribution in [2.45, 2.75) is 39.8 Å². The van der Waals surface area contributed by atoms with E-state index in [2.05, 4.69) is 91.3 Å². The highest BCUT2D eigenvalue weighted by molar-refractivity contribution is 7.20. The number of nitrogens with zero attached hydrogens (tertiary/aromatic N) is 5. The van der Waals surface area contributed by atoms with Gasteiger partial charge in [0, 0.05) is 43.8 Å². The molecule has 4 aromatic rings. The third-order valence-electron chi connectivity index (χ3n) is 5.90. The summed E-state index contributed by atoms with van der Waals surface area (Å²) in [6.07, 6.45) is 0. The van der Waals surface area contributed by atoms with Gasteiger partial charge in [-0.25, -0.2) is 4.98 Å². The molecule has 3 heterocycles. The first-order valence-corrected chi connectivity index (χ1v) is 12.4. The van der Waals surface area contributed by atoms with E-state index in [1.54, 1.807) is 11.3 Å². The van der Waals surface area contributed by atoms with Crippen LogP contribution in [0, 0.1) is 6.92 Å². The predicted molar refractivity (Wildman–Crippen MR) is 138 cm³/mol. The van der Waals surface area contributed by atoms with Crippen LogP contribution in [-0.4, -0.2) is 51.2 Å². The van der Waals surface area contributed by atoms with Gasteiger partial charge in [-0.3, -0.25) is 4.90 Å². The van der Waals surface area contributed by atoms with Crippen molar-refractivity contribution < 1.29 is 0 Å². The van der Waals surface area contributed by atoms with E-state index >= 15 is 0 Å².